The molecule has 2 rings (SSSR count). The molecule has 1 aromatic carbocycles. The number of benzene rings is 1. The van der Waals surface area contributed by atoms with Gasteiger partial charge in [-0.2, -0.15) is 0 Å². The molecule has 0 aliphatic carbocycles. The first-order valence-electron chi connectivity index (χ1n) is 6.50. The maximum Gasteiger partial charge on any atom is 0.128 e. The van der Waals surface area contributed by atoms with Crippen LogP contribution in [0.5, 0.6) is 0 Å². The van der Waals surface area contributed by atoms with Gasteiger partial charge in [0.15, 0.2) is 0 Å². The van der Waals surface area contributed by atoms with Crippen molar-refractivity contribution in [2.45, 2.75) is 18.5 Å². The largest absolute Gasteiger partial charge is 0.379 e. The Morgan fingerprint density at radius 1 is 1.53 bits per heavy atom. The first-order valence-corrected chi connectivity index (χ1v) is 7.29. The van der Waals surface area contributed by atoms with Crippen LogP contribution in [0.4, 0.5) is 4.39 Å². The highest BCUT2D eigenvalue weighted by atomic mass is 79.9. The van der Waals surface area contributed by atoms with Crippen LogP contribution in [0.25, 0.3) is 0 Å². The molecule has 0 radical (unpaired) electrons. The fourth-order valence-corrected chi connectivity index (χ4v) is 2.81. The summed E-state index contributed by atoms with van der Waals surface area (Å²) in [5.41, 5.74) is 0.728. The molecule has 1 aliphatic rings. The molecule has 1 heterocycles. The van der Waals surface area contributed by atoms with Crippen molar-refractivity contribution < 1.29 is 9.13 Å². The first-order chi connectivity index (χ1) is 9.08. The van der Waals surface area contributed by atoms with Crippen LogP contribution in [-0.2, 0) is 4.74 Å². The molecule has 1 aliphatic heterocycles. The first kappa shape index (κ1) is 14.9. The topological polar surface area (TPSA) is 24.5 Å². The summed E-state index contributed by atoms with van der Waals surface area (Å²) >= 11 is 3.41. The van der Waals surface area contributed by atoms with Gasteiger partial charge in [0.25, 0.3) is 0 Å². The van der Waals surface area contributed by atoms with Gasteiger partial charge in [-0.3, -0.25) is 0 Å². The predicted octanol–water partition coefficient (Wildman–Crippen LogP) is 2.57. The van der Waals surface area contributed by atoms with Gasteiger partial charge in [0, 0.05) is 28.7 Å². The van der Waals surface area contributed by atoms with E-state index in [2.05, 4.69) is 26.1 Å². The molecule has 5 heteroatoms. The summed E-state index contributed by atoms with van der Waals surface area (Å²) in [5, 5.41) is 3.42. The van der Waals surface area contributed by atoms with Gasteiger partial charge in [0.2, 0.25) is 0 Å². The molecular formula is C14H20BrFN2O. The minimum atomic E-state index is -0.154. The molecule has 1 aromatic rings. The Morgan fingerprint density at radius 3 is 2.95 bits per heavy atom. The third kappa shape index (κ3) is 3.99. The third-order valence-corrected chi connectivity index (χ3v) is 3.94. The number of morpholine rings is 1. The Labute approximate surface area is 122 Å². The molecule has 0 aromatic heterocycles. The van der Waals surface area contributed by atoms with Gasteiger partial charge in [-0.15, -0.1) is 0 Å². The quantitative estimate of drug-likeness (QED) is 0.918. The van der Waals surface area contributed by atoms with Crippen LogP contribution >= 0.6 is 15.9 Å². The molecule has 2 unspecified atom stereocenters. The normalized spacial score (nSPS) is 21.6. The van der Waals surface area contributed by atoms with Gasteiger partial charge in [-0.05, 0) is 38.7 Å². The van der Waals surface area contributed by atoms with Gasteiger partial charge in [-0.25, -0.2) is 4.39 Å². The van der Waals surface area contributed by atoms with Crippen LogP contribution in [-0.4, -0.2) is 44.8 Å². The number of nitrogens with one attached hydrogen (secondary N) is 1. The molecule has 0 bridgehead atoms. The van der Waals surface area contributed by atoms with E-state index in [1.54, 1.807) is 6.07 Å². The smallest absolute Gasteiger partial charge is 0.128 e. The summed E-state index contributed by atoms with van der Waals surface area (Å²) in [5.74, 6) is -0.154. The number of nitrogens with zero attached hydrogens (tertiary/aromatic N) is 1. The van der Waals surface area contributed by atoms with Crippen molar-refractivity contribution in [2.75, 3.05) is 33.9 Å². The average Bonchev–Trinajstić information content (AvgIpc) is 2.40. The molecule has 19 heavy (non-hydrogen) atoms. The fraction of sp³-hybridized carbons (Fsp3) is 0.571. The second kappa shape index (κ2) is 6.79. The van der Waals surface area contributed by atoms with Crippen LogP contribution in [0.3, 0.4) is 0 Å². The number of hydrogen-bond acceptors (Lipinski definition) is 3. The van der Waals surface area contributed by atoms with Crippen LogP contribution < -0.4 is 5.32 Å². The molecule has 2 atom stereocenters. The van der Waals surface area contributed by atoms with E-state index < -0.39 is 0 Å². The zero-order chi connectivity index (χ0) is 13.8. The van der Waals surface area contributed by atoms with Crippen molar-refractivity contribution in [3.63, 3.8) is 0 Å². The van der Waals surface area contributed by atoms with Crippen molar-refractivity contribution in [1.82, 2.24) is 10.2 Å². The van der Waals surface area contributed by atoms with Crippen molar-refractivity contribution in [3.05, 3.63) is 34.1 Å². The van der Waals surface area contributed by atoms with Crippen molar-refractivity contribution in [2.24, 2.45) is 0 Å². The Kier molecular flexibility index (Phi) is 5.33. The van der Waals surface area contributed by atoms with Crippen molar-refractivity contribution in [3.8, 4) is 0 Å². The third-order valence-electron chi connectivity index (χ3n) is 3.45. The predicted molar refractivity (Wildman–Crippen MR) is 77.8 cm³/mol. The molecule has 1 saturated heterocycles. The second-order valence-corrected chi connectivity index (χ2v) is 6.02. The van der Waals surface area contributed by atoms with Crippen LogP contribution in [0.15, 0.2) is 22.7 Å². The minimum Gasteiger partial charge on any atom is -0.379 e. The maximum atomic E-state index is 14.0. The lowest BCUT2D eigenvalue weighted by Crippen LogP contribution is -2.43. The number of hydrogen-bond donors (Lipinski definition) is 1. The SMILES string of the molecule is CN(C)C(CC1COCCN1)c1cc(Br)ccc1F. The Bertz CT molecular complexity index is 422. The van der Waals surface area contributed by atoms with Crippen molar-refractivity contribution in [1.29, 1.82) is 0 Å². The van der Waals surface area contributed by atoms with Gasteiger partial charge in [0.1, 0.15) is 5.82 Å². The average molecular weight is 331 g/mol. The molecule has 1 fully saturated rings. The van der Waals surface area contributed by atoms with Gasteiger partial charge >= 0.3 is 0 Å². The fourth-order valence-electron chi connectivity index (χ4n) is 2.43. The Morgan fingerprint density at radius 2 is 2.32 bits per heavy atom. The van der Waals surface area contributed by atoms with E-state index in [-0.39, 0.29) is 17.9 Å². The molecule has 3 nitrogen and oxygen atoms in total. The Balaban J connectivity index is 2.16. The summed E-state index contributed by atoms with van der Waals surface area (Å²) in [4.78, 5) is 2.06. The van der Waals surface area contributed by atoms with Crippen molar-refractivity contribution >= 4 is 15.9 Å². The highest BCUT2D eigenvalue weighted by molar-refractivity contribution is 9.10. The molecule has 0 spiro atoms. The summed E-state index contributed by atoms with van der Waals surface area (Å²) in [6.45, 7) is 2.32. The van der Waals surface area contributed by atoms with E-state index in [1.165, 1.54) is 6.07 Å². The Hall–Kier alpha value is -0.490. The summed E-state index contributed by atoms with van der Waals surface area (Å²) in [6.07, 6.45) is 0.834. The second-order valence-electron chi connectivity index (χ2n) is 5.11. The number of rotatable bonds is 4. The van der Waals surface area contributed by atoms with E-state index in [4.69, 9.17) is 4.74 Å². The summed E-state index contributed by atoms with van der Waals surface area (Å²) < 4.78 is 20.4. The highest BCUT2D eigenvalue weighted by Crippen LogP contribution is 2.28. The summed E-state index contributed by atoms with van der Waals surface area (Å²) in [6, 6.07) is 5.43. The molecule has 106 valence electrons. The maximum absolute atomic E-state index is 14.0. The van der Waals surface area contributed by atoms with Crippen LogP contribution in [0.1, 0.15) is 18.0 Å². The lowest BCUT2D eigenvalue weighted by molar-refractivity contribution is 0.0645. The molecule has 0 amide bonds. The van der Waals surface area contributed by atoms with Gasteiger partial charge in [-0.1, -0.05) is 15.9 Å². The molecule has 0 saturated carbocycles. The van der Waals surface area contributed by atoms with Crippen LogP contribution in [0, 0.1) is 5.82 Å². The van der Waals surface area contributed by atoms with Gasteiger partial charge < -0.3 is 15.0 Å². The standard InChI is InChI=1S/C14H20BrFN2O/c1-18(2)14(8-11-9-19-6-5-17-11)12-7-10(15)3-4-13(12)16/h3-4,7,11,14,17H,5-6,8-9H2,1-2H3. The van der Waals surface area contributed by atoms with E-state index in [9.17, 15) is 4.39 Å². The minimum absolute atomic E-state index is 0.0386. The number of ether oxygens (including phenoxy) is 1. The van der Waals surface area contributed by atoms with Gasteiger partial charge in [0.05, 0.1) is 13.2 Å². The molecular weight excluding hydrogens is 311 g/mol. The monoisotopic (exact) mass is 330 g/mol. The molecule has 1 N–H and O–H groups in total. The van der Waals surface area contributed by atoms with E-state index in [0.29, 0.717) is 6.61 Å². The zero-order valence-electron chi connectivity index (χ0n) is 11.3. The van der Waals surface area contributed by atoms with E-state index in [1.807, 2.05) is 20.2 Å². The number of halogens is 2. The lowest BCUT2D eigenvalue weighted by atomic mass is 9.97. The lowest BCUT2D eigenvalue weighted by Gasteiger charge is -2.31. The summed E-state index contributed by atoms with van der Waals surface area (Å²) in [7, 11) is 3.96. The van der Waals surface area contributed by atoms with E-state index in [0.717, 1.165) is 29.6 Å². The van der Waals surface area contributed by atoms with Crippen LogP contribution in [0.2, 0.25) is 0 Å². The highest BCUT2D eigenvalue weighted by Gasteiger charge is 2.24. The zero-order valence-corrected chi connectivity index (χ0v) is 12.9. The van der Waals surface area contributed by atoms with E-state index >= 15 is 0 Å².